The molecule has 0 amide bonds. The Balaban J connectivity index is 2.31. The van der Waals surface area contributed by atoms with Gasteiger partial charge >= 0.3 is 0 Å². The van der Waals surface area contributed by atoms with Gasteiger partial charge in [-0.25, -0.2) is 0 Å². The van der Waals surface area contributed by atoms with Crippen LogP contribution in [0.5, 0.6) is 5.75 Å². The molecule has 1 aromatic rings. The standard InChI is InChI=1S/C14H20O3/c1-17-13-9-7-12(8-10-13)14(16)6-4-2-3-5-11-15/h7-10,15H,2-6,11H2,1H3. The lowest BCUT2D eigenvalue weighted by atomic mass is 10.0. The van der Waals surface area contributed by atoms with Gasteiger partial charge in [0.25, 0.3) is 0 Å². The first-order valence-corrected chi connectivity index (χ1v) is 6.06. The molecular weight excluding hydrogens is 216 g/mol. The minimum absolute atomic E-state index is 0.177. The molecule has 1 rings (SSSR count). The Hall–Kier alpha value is -1.35. The highest BCUT2D eigenvalue weighted by Gasteiger charge is 2.05. The molecule has 0 saturated carbocycles. The van der Waals surface area contributed by atoms with E-state index < -0.39 is 0 Å². The highest BCUT2D eigenvalue weighted by atomic mass is 16.5. The van der Waals surface area contributed by atoms with Crippen LogP contribution in [0.4, 0.5) is 0 Å². The number of unbranched alkanes of at least 4 members (excludes halogenated alkanes) is 3. The summed E-state index contributed by atoms with van der Waals surface area (Å²) >= 11 is 0. The zero-order valence-corrected chi connectivity index (χ0v) is 10.3. The number of aliphatic hydroxyl groups is 1. The molecular formula is C14H20O3. The zero-order valence-electron chi connectivity index (χ0n) is 10.3. The van der Waals surface area contributed by atoms with Gasteiger partial charge in [-0.3, -0.25) is 4.79 Å². The minimum atomic E-state index is 0.177. The maximum absolute atomic E-state index is 11.8. The van der Waals surface area contributed by atoms with Gasteiger partial charge in [0.2, 0.25) is 0 Å². The highest BCUT2D eigenvalue weighted by Crippen LogP contribution is 2.14. The van der Waals surface area contributed by atoms with E-state index in [2.05, 4.69) is 0 Å². The van der Waals surface area contributed by atoms with Crippen molar-refractivity contribution in [1.29, 1.82) is 0 Å². The molecule has 17 heavy (non-hydrogen) atoms. The maximum atomic E-state index is 11.8. The first-order valence-electron chi connectivity index (χ1n) is 6.06. The molecule has 0 radical (unpaired) electrons. The van der Waals surface area contributed by atoms with Crippen molar-refractivity contribution in [2.75, 3.05) is 13.7 Å². The third-order valence-electron chi connectivity index (χ3n) is 2.72. The fourth-order valence-electron chi connectivity index (χ4n) is 1.67. The first kappa shape index (κ1) is 13.7. The Labute approximate surface area is 102 Å². The molecule has 1 aromatic carbocycles. The monoisotopic (exact) mass is 236 g/mol. The molecule has 0 aromatic heterocycles. The molecule has 3 heteroatoms. The van der Waals surface area contributed by atoms with Gasteiger partial charge in [-0.05, 0) is 37.1 Å². The highest BCUT2D eigenvalue weighted by molar-refractivity contribution is 5.96. The second kappa shape index (κ2) is 7.85. The van der Waals surface area contributed by atoms with Gasteiger partial charge in [-0.15, -0.1) is 0 Å². The number of methoxy groups -OCH3 is 1. The smallest absolute Gasteiger partial charge is 0.162 e. The Kier molecular flexibility index (Phi) is 6.33. The number of carbonyl (C=O) groups is 1. The summed E-state index contributed by atoms with van der Waals surface area (Å²) in [6.45, 7) is 0.242. The van der Waals surface area contributed by atoms with E-state index in [0.29, 0.717) is 6.42 Å². The third kappa shape index (κ3) is 5.00. The van der Waals surface area contributed by atoms with Gasteiger partial charge in [0.15, 0.2) is 5.78 Å². The van der Waals surface area contributed by atoms with Gasteiger partial charge in [0.1, 0.15) is 5.75 Å². The zero-order chi connectivity index (χ0) is 12.5. The Morgan fingerprint density at radius 1 is 1.12 bits per heavy atom. The second-order valence-corrected chi connectivity index (χ2v) is 4.04. The number of ketones is 1. The third-order valence-corrected chi connectivity index (χ3v) is 2.72. The predicted octanol–water partition coefficient (Wildman–Crippen LogP) is 2.82. The van der Waals surface area contributed by atoms with Crippen molar-refractivity contribution in [1.82, 2.24) is 0 Å². The summed E-state index contributed by atoms with van der Waals surface area (Å²) in [4.78, 5) is 11.8. The van der Waals surface area contributed by atoms with Crippen molar-refractivity contribution in [2.24, 2.45) is 0 Å². The average Bonchev–Trinajstić information content (AvgIpc) is 2.38. The van der Waals surface area contributed by atoms with Gasteiger partial charge in [0, 0.05) is 18.6 Å². The van der Waals surface area contributed by atoms with Crippen LogP contribution in [0.2, 0.25) is 0 Å². The lowest BCUT2D eigenvalue weighted by Crippen LogP contribution is -1.99. The second-order valence-electron chi connectivity index (χ2n) is 4.04. The molecule has 0 unspecified atom stereocenters. The lowest BCUT2D eigenvalue weighted by molar-refractivity contribution is 0.0979. The number of hydrogen-bond acceptors (Lipinski definition) is 3. The Bertz CT molecular complexity index is 330. The largest absolute Gasteiger partial charge is 0.497 e. The average molecular weight is 236 g/mol. The quantitative estimate of drug-likeness (QED) is 0.557. The molecule has 0 aliphatic rings. The molecule has 3 nitrogen and oxygen atoms in total. The molecule has 0 bridgehead atoms. The van der Waals surface area contributed by atoms with Crippen LogP contribution in [-0.2, 0) is 0 Å². The van der Waals surface area contributed by atoms with Crippen molar-refractivity contribution < 1.29 is 14.6 Å². The van der Waals surface area contributed by atoms with Crippen LogP contribution >= 0.6 is 0 Å². The summed E-state index contributed by atoms with van der Waals surface area (Å²) in [6.07, 6.45) is 4.30. The van der Waals surface area contributed by atoms with Crippen LogP contribution in [0.15, 0.2) is 24.3 Å². The fourth-order valence-corrected chi connectivity index (χ4v) is 1.67. The van der Waals surface area contributed by atoms with Crippen LogP contribution in [-0.4, -0.2) is 24.6 Å². The molecule has 0 spiro atoms. The van der Waals surface area contributed by atoms with Crippen molar-refractivity contribution in [3.8, 4) is 5.75 Å². The summed E-state index contributed by atoms with van der Waals surface area (Å²) in [5.74, 6) is 0.946. The summed E-state index contributed by atoms with van der Waals surface area (Å²) in [7, 11) is 1.61. The number of hydrogen-bond donors (Lipinski definition) is 1. The number of benzene rings is 1. The van der Waals surface area contributed by atoms with Gasteiger partial charge < -0.3 is 9.84 Å². The Morgan fingerprint density at radius 2 is 1.76 bits per heavy atom. The Morgan fingerprint density at radius 3 is 2.35 bits per heavy atom. The molecule has 0 aliphatic heterocycles. The topological polar surface area (TPSA) is 46.5 Å². The number of carbonyl (C=O) groups excluding carboxylic acids is 1. The van der Waals surface area contributed by atoms with E-state index in [1.807, 2.05) is 0 Å². The van der Waals surface area contributed by atoms with Gasteiger partial charge in [-0.2, -0.15) is 0 Å². The van der Waals surface area contributed by atoms with Crippen molar-refractivity contribution in [2.45, 2.75) is 32.1 Å². The molecule has 0 aliphatic carbocycles. The molecule has 1 N–H and O–H groups in total. The number of Topliss-reactive ketones (excluding diaryl/α,β-unsaturated/α-hetero) is 1. The van der Waals surface area contributed by atoms with E-state index >= 15 is 0 Å². The van der Waals surface area contributed by atoms with Crippen molar-refractivity contribution >= 4 is 5.78 Å². The van der Waals surface area contributed by atoms with Crippen LogP contribution in [0.3, 0.4) is 0 Å². The summed E-state index contributed by atoms with van der Waals surface area (Å²) in [6, 6.07) is 7.21. The number of rotatable bonds is 8. The summed E-state index contributed by atoms with van der Waals surface area (Å²) in [5, 5.41) is 8.62. The predicted molar refractivity (Wildman–Crippen MR) is 67.5 cm³/mol. The van der Waals surface area contributed by atoms with E-state index in [0.717, 1.165) is 37.0 Å². The molecule has 0 saturated heterocycles. The normalized spacial score (nSPS) is 10.2. The lowest BCUT2D eigenvalue weighted by Gasteiger charge is -2.03. The number of ether oxygens (including phenoxy) is 1. The van der Waals surface area contributed by atoms with E-state index in [1.54, 1.807) is 31.4 Å². The molecule has 0 atom stereocenters. The first-order chi connectivity index (χ1) is 8.27. The maximum Gasteiger partial charge on any atom is 0.162 e. The van der Waals surface area contributed by atoms with Crippen LogP contribution in [0.1, 0.15) is 42.5 Å². The minimum Gasteiger partial charge on any atom is -0.497 e. The van der Waals surface area contributed by atoms with Gasteiger partial charge in [-0.1, -0.05) is 12.8 Å². The van der Waals surface area contributed by atoms with Crippen molar-refractivity contribution in [3.05, 3.63) is 29.8 Å². The van der Waals surface area contributed by atoms with Gasteiger partial charge in [0.05, 0.1) is 7.11 Å². The molecule has 0 fully saturated rings. The van der Waals surface area contributed by atoms with Crippen molar-refractivity contribution in [3.63, 3.8) is 0 Å². The van der Waals surface area contributed by atoms with E-state index in [9.17, 15) is 4.79 Å². The molecule has 0 heterocycles. The summed E-state index contributed by atoms with van der Waals surface area (Å²) < 4.78 is 5.04. The van der Waals surface area contributed by atoms with E-state index in [4.69, 9.17) is 9.84 Å². The van der Waals surface area contributed by atoms with Crippen LogP contribution in [0, 0.1) is 0 Å². The SMILES string of the molecule is COc1ccc(C(=O)CCCCCCO)cc1. The van der Waals surface area contributed by atoms with E-state index in [-0.39, 0.29) is 12.4 Å². The van der Waals surface area contributed by atoms with Crippen LogP contribution < -0.4 is 4.74 Å². The molecule has 94 valence electrons. The summed E-state index contributed by atoms with van der Waals surface area (Å²) in [5.41, 5.74) is 0.743. The van der Waals surface area contributed by atoms with E-state index in [1.165, 1.54) is 0 Å². The van der Waals surface area contributed by atoms with Crippen LogP contribution in [0.25, 0.3) is 0 Å². The number of aliphatic hydroxyl groups excluding tert-OH is 1. The fraction of sp³-hybridized carbons (Fsp3) is 0.500.